The molecule has 1 aliphatic rings. The van der Waals surface area contributed by atoms with E-state index in [2.05, 4.69) is 16.0 Å². The van der Waals surface area contributed by atoms with E-state index in [4.69, 9.17) is 0 Å². The van der Waals surface area contributed by atoms with E-state index in [1.54, 1.807) is 0 Å². The first-order chi connectivity index (χ1) is 11.8. The Morgan fingerprint density at radius 2 is 1.88 bits per heavy atom. The van der Waals surface area contributed by atoms with Crippen LogP contribution in [0.4, 0.5) is 19.3 Å². The fraction of sp³-hybridized carbons (Fsp3) is 0.333. The number of halogens is 2. The Bertz CT molecular complexity index is 711. The minimum Gasteiger partial charge on any atom is -0.356 e. The Morgan fingerprint density at radius 1 is 1.12 bits per heavy atom. The molecule has 5 amide bonds. The predicted octanol–water partition coefficient (Wildman–Crippen LogP) is 0.398. The van der Waals surface area contributed by atoms with Crippen LogP contribution in [0.3, 0.4) is 0 Å². The molecule has 1 heterocycles. The largest absolute Gasteiger partial charge is 0.356 e. The monoisotopic (exact) mass is 354 g/mol. The van der Waals surface area contributed by atoms with Gasteiger partial charge in [-0.15, -0.1) is 0 Å². The molecule has 25 heavy (non-hydrogen) atoms. The van der Waals surface area contributed by atoms with Gasteiger partial charge in [-0.2, -0.15) is 0 Å². The summed E-state index contributed by atoms with van der Waals surface area (Å²) in [5.41, 5.74) is -0.278. The lowest BCUT2D eigenvalue weighted by Gasteiger charge is -2.09. The molecule has 134 valence electrons. The Hall–Kier alpha value is -3.04. The molecule has 0 spiro atoms. The number of rotatable bonds is 7. The molecule has 1 aliphatic heterocycles. The first-order valence-electron chi connectivity index (χ1n) is 7.48. The Balaban J connectivity index is 1.67. The van der Waals surface area contributed by atoms with Crippen LogP contribution in [-0.2, 0) is 14.4 Å². The van der Waals surface area contributed by atoms with Gasteiger partial charge >= 0.3 is 6.03 Å². The number of amides is 5. The third-order valence-electron chi connectivity index (χ3n) is 3.40. The average Bonchev–Trinajstić information content (AvgIpc) is 2.86. The van der Waals surface area contributed by atoms with Crippen LogP contribution >= 0.6 is 0 Å². The van der Waals surface area contributed by atoms with Crippen LogP contribution in [0.15, 0.2) is 18.2 Å². The van der Waals surface area contributed by atoms with Crippen molar-refractivity contribution in [1.82, 2.24) is 16.0 Å². The van der Waals surface area contributed by atoms with Crippen LogP contribution < -0.4 is 21.3 Å². The highest BCUT2D eigenvalue weighted by Crippen LogP contribution is 2.15. The number of nitrogens with one attached hydrogen (secondary N) is 4. The van der Waals surface area contributed by atoms with E-state index >= 15 is 0 Å². The highest BCUT2D eigenvalue weighted by molar-refractivity contribution is 6.04. The molecule has 10 heteroatoms. The van der Waals surface area contributed by atoms with E-state index < -0.39 is 41.4 Å². The van der Waals surface area contributed by atoms with Crippen molar-refractivity contribution in [2.75, 3.05) is 11.9 Å². The quantitative estimate of drug-likeness (QED) is 0.530. The zero-order valence-electron chi connectivity index (χ0n) is 13.0. The van der Waals surface area contributed by atoms with Gasteiger partial charge in [-0.25, -0.2) is 13.6 Å². The van der Waals surface area contributed by atoms with Gasteiger partial charge in [-0.1, -0.05) is 0 Å². The lowest BCUT2D eigenvalue weighted by molar-refractivity contribution is -0.122. The van der Waals surface area contributed by atoms with E-state index in [9.17, 15) is 28.0 Å². The molecule has 1 aromatic rings. The smallest absolute Gasteiger partial charge is 0.322 e. The second-order valence-electron chi connectivity index (χ2n) is 5.33. The fourth-order valence-electron chi connectivity index (χ4n) is 2.15. The van der Waals surface area contributed by atoms with Crippen LogP contribution in [0, 0.1) is 11.6 Å². The van der Waals surface area contributed by atoms with Crippen LogP contribution in [0.2, 0.25) is 0 Å². The lowest BCUT2D eigenvalue weighted by atomic mass is 10.1. The maximum atomic E-state index is 13.4. The summed E-state index contributed by atoms with van der Waals surface area (Å²) in [6.07, 6.45) is -0.0229. The molecule has 1 atom stereocenters. The van der Waals surface area contributed by atoms with Gasteiger partial charge in [0.1, 0.15) is 17.7 Å². The summed E-state index contributed by atoms with van der Waals surface area (Å²) in [4.78, 5) is 45.5. The van der Waals surface area contributed by atoms with Gasteiger partial charge in [0.2, 0.25) is 11.8 Å². The Labute approximate surface area is 141 Å². The summed E-state index contributed by atoms with van der Waals surface area (Å²) < 4.78 is 26.4. The van der Waals surface area contributed by atoms with Gasteiger partial charge in [-0.3, -0.25) is 19.7 Å². The summed E-state index contributed by atoms with van der Waals surface area (Å²) in [7, 11) is 0. The zero-order valence-corrected chi connectivity index (χ0v) is 13.0. The number of hydrogen-bond acceptors (Lipinski definition) is 4. The molecule has 0 aromatic heterocycles. The second kappa shape index (κ2) is 8.18. The van der Waals surface area contributed by atoms with Crippen LogP contribution in [0.25, 0.3) is 0 Å². The molecule has 0 saturated carbocycles. The summed E-state index contributed by atoms with van der Waals surface area (Å²) in [6, 6.07) is 1.32. The van der Waals surface area contributed by atoms with Crippen molar-refractivity contribution in [2.45, 2.75) is 25.3 Å². The van der Waals surface area contributed by atoms with Crippen molar-refractivity contribution in [1.29, 1.82) is 0 Å². The van der Waals surface area contributed by atoms with Gasteiger partial charge < -0.3 is 16.0 Å². The SMILES string of the molecule is O=C(CC[C@@H]1NC(=O)NC1=O)NCCC(=O)Nc1cc(F)ccc1F. The van der Waals surface area contributed by atoms with Crippen LogP contribution in [0.5, 0.6) is 0 Å². The summed E-state index contributed by atoms with van der Waals surface area (Å²) >= 11 is 0. The third-order valence-corrected chi connectivity index (χ3v) is 3.40. The van der Waals surface area contributed by atoms with E-state index in [1.165, 1.54) is 0 Å². The lowest BCUT2D eigenvalue weighted by Crippen LogP contribution is -2.32. The van der Waals surface area contributed by atoms with Gasteiger partial charge in [0.15, 0.2) is 0 Å². The standard InChI is InChI=1S/C15H16F2N4O4/c16-8-1-2-9(17)11(7-8)19-13(23)5-6-18-12(22)4-3-10-14(24)21-15(25)20-10/h1-2,7,10H,3-6H2,(H,18,22)(H,19,23)(H2,20,21,24,25)/t10-/m0/s1. The summed E-state index contributed by atoms with van der Waals surface area (Å²) in [6.45, 7) is -0.00910. The number of urea groups is 1. The summed E-state index contributed by atoms with van der Waals surface area (Å²) in [5, 5.41) is 9.08. The van der Waals surface area contributed by atoms with Gasteiger partial charge in [0.05, 0.1) is 5.69 Å². The topological polar surface area (TPSA) is 116 Å². The molecule has 8 nitrogen and oxygen atoms in total. The number of benzene rings is 1. The van der Waals surface area contributed by atoms with Gasteiger partial charge in [0, 0.05) is 25.5 Å². The maximum Gasteiger partial charge on any atom is 0.322 e. The molecule has 1 aromatic carbocycles. The summed E-state index contributed by atoms with van der Waals surface area (Å²) in [5.74, 6) is -2.94. The minimum absolute atomic E-state index is 0.00910. The normalized spacial score (nSPS) is 16.2. The first kappa shape index (κ1) is 18.3. The molecule has 1 saturated heterocycles. The molecular weight excluding hydrogens is 338 g/mol. The predicted molar refractivity (Wildman–Crippen MR) is 82.3 cm³/mol. The molecule has 0 aliphatic carbocycles. The van der Waals surface area contributed by atoms with Crippen molar-refractivity contribution in [3.05, 3.63) is 29.8 Å². The average molecular weight is 354 g/mol. The van der Waals surface area contributed by atoms with Crippen molar-refractivity contribution in [2.24, 2.45) is 0 Å². The van der Waals surface area contributed by atoms with Crippen molar-refractivity contribution in [3.63, 3.8) is 0 Å². The Morgan fingerprint density at radius 3 is 2.56 bits per heavy atom. The molecule has 4 N–H and O–H groups in total. The van der Waals surface area contributed by atoms with Gasteiger partial charge in [0.25, 0.3) is 5.91 Å². The minimum atomic E-state index is -0.768. The number of anilines is 1. The van der Waals surface area contributed by atoms with E-state index in [0.29, 0.717) is 0 Å². The van der Waals surface area contributed by atoms with Crippen LogP contribution in [0.1, 0.15) is 19.3 Å². The maximum absolute atomic E-state index is 13.4. The van der Waals surface area contributed by atoms with E-state index in [0.717, 1.165) is 18.2 Å². The van der Waals surface area contributed by atoms with Crippen LogP contribution in [-0.4, -0.2) is 36.3 Å². The van der Waals surface area contributed by atoms with Crippen molar-refractivity contribution >= 4 is 29.4 Å². The third kappa shape index (κ3) is 5.52. The van der Waals surface area contributed by atoms with Gasteiger partial charge in [-0.05, 0) is 18.6 Å². The molecule has 1 fully saturated rings. The first-order valence-corrected chi connectivity index (χ1v) is 7.48. The number of imide groups is 1. The Kier molecular flexibility index (Phi) is 5.98. The molecule has 0 unspecified atom stereocenters. The second-order valence-corrected chi connectivity index (χ2v) is 5.33. The number of carbonyl (C=O) groups excluding carboxylic acids is 4. The zero-order chi connectivity index (χ0) is 18.4. The molecule has 2 rings (SSSR count). The highest BCUT2D eigenvalue weighted by atomic mass is 19.1. The molecular formula is C15H16F2N4O4. The van der Waals surface area contributed by atoms with E-state index in [1.807, 2.05) is 5.32 Å². The fourth-order valence-corrected chi connectivity index (χ4v) is 2.15. The van der Waals surface area contributed by atoms with E-state index in [-0.39, 0.29) is 31.5 Å². The highest BCUT2D eigenvalue weighted by Gasteiger charge is 2.29. The molecule has 0 radical (unpaired) electrons. The molecule has 0 bridgehead atoms. The number of hydrogen-bond donors (Lipinski definition) is 4. The number of carbonyl (C=O) groups is 4. The van der Waals surface area contributed by atoms with Crippen molar-refractivity contribution < 1.29 is 28.0 Å². The van der Waals surface area contributed by atoms with Crippen molar-refractivity contribution in [3.8, 4) is 0 Å².